The van der Waals surface area contributed by atoms with E-state index >= 15 is 0 Å². The Morgan fingerprint density at radius 3 is 2.54 bits per heavy atom. The summed E-state index contributed by atoms with van der Waals surface area (Å²) in [6.07, 6.45) is 4.62. The molecule has 0 aromatic carbocycles. The number of rotatable bonds is 2. The number of methoxy groups -OCH3 is 1. The van der Waals surface area contributed by atoms with Crippen LogP contribution in [0.3, 0.4) is 0 Å². The van der Waals surface area contributed by atoms with Crippen LogP contribution in [0.25, 0.3) is 0 Å². The third kappa shape index (κ3) is 0.850. The van der Waals surface area contributed by atoms with Gasteiger partial charge >= 0.3 is 0 Å². The van der Waals surface area contributed by atoms with Crippen LogP contribution in [-0.2, 0) is 9.53 Å². The molecule has 0 N–H and O–H groups in total. The van der Waals surface area contributed by atoms with Crippen LogP contribution < -0.4 is 0 Å². The fourth-order valence-electron chi connectivity index (χ4n) is 3.53. The minimum Gasteiger partial charge on any atom is -0.380 e. The SMILES string of the molecule is CO[C@@H]1C[C@H]2CC[C@]1(C=O)C2(C)C. The van der Waals surface area contributed by atoms with E-state index in [1.807, 2.05) is 0 Å². The quantitative estimate of drug-likeness (QED) is 0.611. The molecule has 0 aliphatic heterocycles. The molecule has 0 radical (unpaired) electrons. The van der Waals surface area contributed by atoms with E-state index in [2.05, 4.69) is 13.8 Å². The maximum atomic E-state index is 11.3. The molecule has 0 aromatic heterocycles. The normalized spacial score (nSPS) is 46.7. The largest absolute Gasteiger partial charge is 0.380 e. The van der Waals surface area contributed by atoms with E-state index in [4.69, 9.17) is 4.74 Å². The third-order valence-electron chi connectivity index (χ3n) is 4.69. The van der Waals surface area contributed by atoms with Crippen molar-refractivity contribution in [3.8, 4) is 0 Å². The predicted octanol–water partition coefficient (Wildman–Crippen LogP) is 2.03. The lowest BCUT2D eigenvalue weighted by atomic mass is 9.69. The van der Waals surface area contributed by atoms with Crippen LogP contribution in [0.5, 0.6) is 0 Å². The molecule has 2 bridgehead atoms. The molecular formula is C11H18O2. The number of aldehydes is 1. The van der Waals surface area contributed by atoms with Crippen molar-refractivity contribution in [2.75, 3.05) is 7.11 Å². The zero-order chi connectivity index (χ0) is 9.69. The van der Waals surface area contributed by atoms with Crippen LogP contribution in [0.15, 0.2) is 0 Å². The van der Waals surface area contributed by atoms with Crippen molar-refractivity contribution in [1.82, 2.24) is 0 Å². The molecule has 74 valence electrons. The van der Waals surface area contributed by atoms with Crippen LogP contribution in [0.4, 0.5) is 0 Å². The second kappa shape index (κ2) is 2.57. The van der Waals surface area contributed by atoms with E-state index in [0.717, 1.165) is 19.1 Å². The van der Waals surface area contributed by atoms with E-state index in [1.54, 1.807) is 7.11 Å². The highest BCUT2D eigenvalue weighted by atomic mass is 16.5. The van der Waals surface area contributed by atoms with Crippen molar-refractivity contribution in [3.63, 3.8) is 0 Å². The Labute approximate surface area is 79.7 Å². The molecule has 2 saturated carbocycles. The highest BCUT2D eigenvalue weighted by Crippen LogP contribution is 2.65. The first kappa shape index (κ1) is 9.20. The molecule has 2 aliphatic carbocycles. The van der Waals surface area contributed by atoms with Crippen LogP contribution in [0.1, 0.15) is 33.1 Å². The van der Waals surface area contributed by atoms with E-state index in [1.165, 1.54) is 6.42 Å². The molecule has 2 fully saturated rings. The molecule has 3 atom stereocenters. The Bertz CT molecular complexity index is 234. The number of fused-ring (bicyclic) bond motifs is 2. The molecule has 0 saturated heterocycles. The van der Waals surface area contributed by atoms with Gasteiger partial charge in [-0.1, -0.05) is 13.8 Å². The van der Waals surface area contributed by atoms with Gasteiger partial charge in [0.2, 0.25) is 0 Å². The summed E-state index contributed by atoms with van der Waals surface area (Å²) in [5.74, 6) is 0.683. The Hall–Kier alpha value is -0.370. The Morgan fingerprint density at radius 2 is 2.15 bits per heavy atom. The van der Waals surface area contributed by atoms with Gasteiger partial charge in [0.15, 0.2) is 0 Å². The van der Waals surface area contributed by atoms with Gasteiger partial charge in [0.05, 0.1) is 11.5 Å². The average molecular weight is 182 g/mol. The van der Waals surface area contributed by atoms with E-state index in [0.29, 0.717) is 5.92 Å². The molecule has 0 aromatic rings. The van der Waals surface area contributed by atoms with E-state index in [9.17, 15) is 4.79 Å². The number of carbonyl (C=O) groups is 1. The summed E-state index contributed by atoms with van der Waals surface area (Å²) in [7, 11) is 1.73. The van der Waals surface area contributed by atoms with Crippen molar-refractivity contribution in [2.45, 2.75) is 39.2 Å². The van der Waals surface area contributed by atoms with Gasteiger partial charge in [-0.25, -0.2) is 0 Å². The number of ether oxygens (including phenoxy) is 1. The van der Waals surface area contributed by atoms with Crippen LogP contribution in [-0.4, -0.2) is 19.5 Å². The summed E-state index contributed by atoms with van der Waals surface area (Å²) >= 11 is 0. The summed E-state index contributed by atoms with van der Waals surface area (Å²) in [4.78, 5) is 11.3. The minimum atomic E-state index is -0.188. The minimum absolute atomic E-state index is 0.148. The zero-order valence-electron chi connectivity index (χ0n) is 8.67. The number of carbonyl (C=O) groups excluding carboxylic acids is 1. The standard InChI is InChI=1S/C11H18O2/c1-10(2)8-4-5-11(10,7-12)9(6-8)13-3/h7-9H,4-6H2,1-3H3/t8-,9-,11-/m1/s1. The average Bonchev–Trinajstić information content (AvgIpc) is 2.50. The molecule has 0 unspecified atom stereocenters. The Morgan fingerprint density at radius 1 is 1.46 bits per heavy atom. The first-order valence-electron chi connectivity index (χ1n) is 5.07. The second-order valence-electron chi connectivity index (χ2n) is 5.08. The van der Waals surface area contributed by atoms with Crippen LogP contribution in [0.2, 0.25) is 0 Å². The molecule has 2 nitrogen and oxygen atoms in total. The van der Waals surface area contributed by atoms with Crippen LogP contribution >= 0.6 is 0 Å². The fourth-order valence-corrected chi connectivity index (χ4v) is 3.53. The lowest BCUT2D eigenvalue weighted by Gasteiger charge is -2.36. The second-order valence-corrected chi connectivity index (χ2v) is 5.08. The smallest absolute Gasteiger partial charge is 0.129 e. The summed E-state index contributed by atoms with van der Waals surface area (Å²) in [5.41, 5.74) is -0.0398. The summed E-state index contributed by atoms with van der Waals surface area (Å²) < 4.78 is 5.44. The molecule has 2 heteroatoms. The first-order valence-corrected chi connectivity index (χ1v) is 5.07. The van der Waals surface area contributed by atoms with Gasteiger partial charge in [-0.2, -0.15) is 0 Å². The van der Waals surface area contributed by atoms with Gasteiger partial charge in [-0.15, -0.1) is 0 Å². The Kier molecular flexibility index (Phi) is 1.82. The maximum Gasteiger partial charge on any atom is 0.129 e. The van der Waals surface area contributed by atoms with Gasteiger partial charge in [0, 0.05) is 7.11 Å². The van der Waals surface area contributed by atoms with Crippen molar-refractivity contribution in [3.05, 3.63) is 0 Å². The summed E-state index contributed by atoms with van der Waals surface area (Å²) in [6.45, 7) is 4.44. The molecule has 0 spiro atoms. The fraction of sp³-hybridized carbons (Fsp3) is 0.909. The molecule has 0 amide bonds. The highest BCUT2D eigenvalue weighted by molar-refractivity contribution is 5.64. The third-order valence-corrected chi connectivity index (χ3v) is 4.69. The predicted molar refractivity (Wildman–Crippen MR) is 50.4 cm³/mol. The van der Waals surface area contributed by atoms with Gasteiger partial charge in [0.25, 0.3) is 0 Å². The molecule has 2 rings (SSSR count). The maximum absolute atomic E-state index is 11.3. The van der Waals surface area contributed by atoms with Gasteiger partial charge in [0.1, 0.15) is 6.29 Å². The van der Waals surface area contributed by atoms with Crippen molar-refractivity contribution in [1.29, 1.82) is 0 Å². The summed E-state index contributed by atoms with van der Waals surface area (Å²) in [5, 5.41) is 0. The molecule has 13 heavy (non-hydrogen) atoms. The van der Waals surface area contributed by atoms with E-state index < -0.39 is 0 Å². The Balaban J connectivity index is 2.41. The van der Waals surface area contributed by atoms with Gasteiger partial charge in [-0.05, 0) is 30.6 Å². The molecule has 2 aliphatic rings. The van der Waals surface area contributed by atoms with Crippen molar-refractivity contribution >= 4 is 6.29 Å². The van der Waals surface area contributed by atoms with Gasteiger partial charge < -0.3 is 9.53 Å². The topological polar surface area (TPSA) is 26.3 Å². The van der Waals surface area contributed by atoms with Crippen molar-refractivity contribution in [2.24, 2.45) is 16.7 Å². The monoisotopic (exact) mass is 182 g/mol. The number of hydrogen-bond acceptors (Lipinski definition) is 2. The van der Waals surface area contributed by atoms with E-state index in [-0.39, 0.29) is 16.9 Å². The number of hydrogen-bond donors (Lipinski definition) is 0. The highest BCUT2D eigenvalue weighted by Gasteiger charge is 2.64. The zero-order valence-corrected chi connectivity index (χ0v) is 8.67. The molecule has 0 heterocycles. The molecular weight excluding hydrogens is 164 g/mol. The summed E-state index contributed by atoms with van der Waals surface area (Å²) in [6, 6.07) is 0. The lowest BCUT2D eigenvalue weighted by Crippen LogP contribution is -2.41. The first-order chi connectivity index (χ1) is 6.08. The van der Waals surface area contributed by atoms with Crippen LogP contribution in [0, 0.1) is 16.7 Å². The van der Waals surface area contributed by atoms with Crippen molar-refractivity contribution < 1.29 is 9.53 Å². The lowest BCUT2D eigenvalue weighted by molar-refractivity contribution is -0.128. The van der Waals surface area contributed by atoms with Gasteiger partial charge in [-0.3, -0.25) is 0 Å².